The standard InChI is InChI=1S/C37H35O4P.Li.H/c1-25-21-27(37(3,4)5)22-26(2)34(25)36(38)42-35-32(40-29-17-11-7-12-18-29)23-31(39-28-15-9-6-10-16-28)24-33(35)41-30-19-13-8-14-20-30;;/h6-24,42H,1-5H3;;/q;+1;-1. The molecule has 0 saturated carbocycles. The summed E-state index contributed by atoms with van der Waals surface area (Å²) in [6.45, 7) is 10.6. The van der Waals surface area contributed by atoms with Crippen LogP contribution in [-0.4, -0.2) is 5.52 Å². The molecule has 43 heavy (non-hydrogen) atoms. The third-order valence-electron chi connectivity index (χ3n) is 6.82. The molecule has 0 amide bonds. The summed E-state index contributed by atoms with van der Waals surface area (Å²) in [6.07, 6.45) is 0. The predicted molar refractivity (Wildman–Crippen MR) is 174 cm³/mol. The molecule has 0 aliphatic heterocycles. The third kappa shape index (κ3) is 8.18. The zero-order chi connectivity index (χ0) is 29.7. The Morgan fingerprint density at radius 2 is 1.00 bits per heavy atom. The van der Waals surface area contributed by atoms with Crippen molar-refractivity contribution in [3.63, 3.8) is 0 Å². The average molecular weight is 583 g/mol. The number of benzene rings is 5. The maximum Gasteiger partial charge on any atom is 1.00 e. The molecule has 6 heteroatoms. The van der Waals surface area contributed by atoms with Crippen molar-refractivity contribution in [2.75, 3.05) is 0 Å². The van der Waals surface area contributed by atoms with Gasteiger partial charge in [0.05, 0.1) is 5.30 Å². The smallest absolute Gasteiger partial charge is 1.00 e. The number of hydrogen-bond donors (Lipinski definition) is 0. The molecule has 0 saturated heterocycles. The van der Waals surface area contributed by atoms with Crippen LogP contribution in [0.25, 0.3) is 0 Å². The van der Waals surface area contributed by atoms with Crippen molar-refractivity contribution in [3.8, 4) is 34.5 Å². The van der Waals surface area contributed by atoms with Crippen molar-refractivity contribution in [1.29, 1.82) is 0 Å². The molecule has 0 fully saturated rings. The second-order valence-electron chi connectivity index (χ2n) is 11.2. The zero-order valence-corrected chi connectivity index (χ0v) is 26.6. The van der Waals surface area contributed by atoms with Crippen molar-refractivity contribution in [1.82, 2.24) is 0 Å². The molecule has 5 aromatic rings. The molecule has 0 bridgehead atoms. The van der Waals surface area contributed by atoms with Crippen molar-refractivity contribution >= 4 is 19.4 Å². The number of carbonyl (C=O) groups is 1. The monoisotopic (exact) mass is 582 g/mol. The van der Waals surface area contributed by atoms with E-state index >= 15 is 0 Å². The largest absolute Gasteiger partial charge is 1.00 e. The van der Waals surface area contributed by atoms with Gasteiger partial charge >= 0.3 is 18.9 Å². The van der Waals surface area contributed by atoms with E-state index in [1.807, 2.05) is 117 Å². The number of hydrogen-bond acceptors (Lipinski definition) is 4. The molecule has 0 spiro atoms. The molecule has 0 aromatic heterocycles. The van der Waals surface area contributed by atoms with E-state index in [0.29, 0.717) is 39.8 Å². The number of ether oxygens (including phenoxy) is 3. The molecule has 0 radical (unpaired) electrons. The molecule has 214 valence electrons. The van der Waals surface area contributed by atoms with Crippen LogP contribution in [-0.2, 0) is 5.41 Å². The minimum absolute atomic E-state index is 0. The minimum atomic E-state index is -0.247. The molecular weight excluding hydrogens is 546 g/mol. The maximum atomic E-state index is 14.1. The third-order valence-corrected chi connectivity index (χ3v) is 8.04. The van der Waals surface area contributed by atoms with E-state index in [-0.39, 0.29) is 39.8 Å². The van der Waals surface area contributed by atoms with Crippen molar-refractivity contribution in [2.45, 2.75) is 40.0 Å². The Hall–Kier alpha value is -3.80. The summed E-state index contributed by atoms with van der Waals surface area (Å²) in [6, 6.07) is 36.5. The van der Waals surface area contributed by atoms with Crippen LogP contribution in [0.5, 0.6) is 34.5 Å². The van der Waals surface area contributed by atoms with Crippen LogP contribution in [0.15, 0.2) is 115 Å². The SMILES string of the molecule is Cc1cc(C(C)(C)C)cc(C)c1C(=O)Pc1c(Oc2ccccc2)cc(Oc2ccccc2)cc1Oc1ccccc1.[H-].[Li+]. The van der Waals surface area contributed by atoms with Crippen LogP contribution < -0.4 is 38.4 Å². The molecule has 4 nitrogen and oxygen atoms in total. The molecule has 5 aromatic carbocycles. The van der Waals surface area contributed by atoms with Crippen LogP contribution in [0, 0.1) is 13.8 Å². The Morgan fingerprint density at radius 3 is 1.40 bits per heavy atom. The molecule has 0 N–H and O–H groups in total. The Kier molecular flexibility index (Phi) is 10.5. The van der Waals surface area contributed by atoms with Crippen LogP contribution in [0.4, 0.5) is 0 Å². The van der Waals surface area contributed by atoms with Gasteiger partial charge < -0.3 is 15.6 Å². The minimum Gasteiger partial charge on any atom is -1.00 e. The van der Waals surface area contributed by atoms with Gasteiger partial charge in [-0.1, -0.05) is 87.5 Å². The molecule has 5 rings (SSSR count). The fourth-order valence-electron chi connectivity index (χ4n) is 4.70. The van der Waals surface area contributed by atoms with Crippen molar-refractivity contribution in [2.24, 2.45) is 0 Å². The van der Waals surface area contributed by atoms with Crippen LogP contribution in [0.2, 0.25) is 0 Å². The van der Waals surface area contributed by atoms with Crippen LogP contribution in [0.3, 0.4) is 0 Å². The fourth-order valence-corrected chi connectivity index (χ4v) is 5.93. The molecule has 1 unspecified atom stereocenters. The van der Waals surface area contributed by atoms with Gasteiger partial charge in [-0.25, -0.2) is 0 Å². The summed E-state index contributed by atoms with van der Waals surface area (Å²) in [7, 11) is -0.247. The van der Waals surface area contributed by atoms with E-state index in [1.54, 1.807) is 0 Å². The molecule has 0 aliphatic carbocycles. The molecule has 1 atom stereocenters. The average Bonchev–Trinajstić information content (AvgIpc) is 2.95. The van der Waals surface area contributed by atoms with Gasteiger partial charge in [-0.15, -0.1) is 0 Å². The predicted octanol–water partition coefficient (Wildman–Crippen LogP) is 7.24. The summed E-state index contributed by atoms with van der Waals surface area (Å²) in [5.74, 6) is 3.55. The first-order chi connectivity index (χ1) is 20.2. The Labute approximate surface area is 269 Å². The first-order valence-corrected chi connectivity index (χ1v) is 15.0. The van der Waals surface area contributed by atoms with Crippen LogP contribution >= 0.6 is 8.58 Å². The Bertz CT molecular complexity index is 1600. The van der Waals surface area contributed by atoms with Crippen molar-refractivity contribution < 1.29 is 39.3 Å². The van der Waals surface area contributed by atoms with Crippen molar-refractivity contribution in [3.05, 3.63) is 138 Å². The van der Waals surface area contributed by atoms with Crippen LogP contribution in [0.1, 0.15) is 49.2 Å². The van der Waals surface area contributed by atoms with E-state index in [4.69, 9.17) is 14.2 Å². The summed E-state index contributed by atoms with van der Waals surface area (Å²) in [4.78, 5) is 14.1. The number of aryl methyl sites for hydroxylation is 2. The van der Waals surface area contributed by atoms with E-state index < -0.39 is 0 Å². The van der Waals surface area contributed by atoms with Gasteiger partial charge in [-0.05, 0) is 80.9 Å². The zero-order valence-electron chi connectivity index (χ0n) is 26.6. The molecular formula is C37H36LiO4P. The first kappa shape index (κ1) is 32.1. The number of para-hydroxylation sites is 3. The quantitative estimate of drug-likeness (QED) is 0.136. The van der Waals surface area contributed by atoms with E-state index in [1.165, 1.54) is 5.56 Å². The molecule has 0 aliphatic rings. The van der Waals surface area contributed by atoms with Gasteiger partial charge in [0, 0.05) is 17.7 Å². The van der Waals surface area contributed by atoms with Gasteiger partial charge in [-0.3, -0.25) is 4.79 Å². The Balaban J connectivity index is 0.00000264. The topological polar surface area (TPSA) is 44.8 Å². The summed E-state index contributed by atoms with van der Waals surface area (Å²) in [5, 5.41) is 0.673. The van der Waals surface area contributed by atoms with Gasteiger partial charge in [0.1, 0.15) is 34.5 Å². The second kappa shape index (κ2) is 14.1. The summed E-state index contributed by atoms with van der Waals surface area (Å²) >= 11 is 0. The summed E-state index contributed by atoms with van der Waals surface area (Å²) < 4.78 is 19.1. The van der Waals surface area contributed by atoms with Gasteiger partial charge in [-0.2, -0.15) is 0 Å². The fraction of sp³-hybridized carbons (Fsp3) is 0.162. The first-order valence-electron chi connectivity index (χ1n) is 14.0. The van der Waals surface area contributed by atoms with Gasteiger partial charge in [0.25, 0.3) is 0 Å². The van der Waals surface area contributed by atoms with E-state index in [2.05, 4.69) is 32.9 Å². The van der Waals surface area contributed by atoms with Gasteiger partial charge in [0.2, 0.25) is 0 Å². The number of carbonyl (C=O) groups excluding carboxylic acids is 1. The molecule has 0 heterocycles. The Morgan fingerprint density at radius 1 is 0.605 bits per heavy atom. The normalized spacial score (nSPS) is 11.2. The maximum absolute atomic E-state index is 14.1. The van der Waals surface area contributed by atoms with E-state index in [0.717, 1.165) is 16.7 Å². The second-order valence-corrected chi connectivity index (χ2v) is 12.4. The van der Waals surface area contributed by atoms with Gasteiger partial charge in [0.15, 0.2) is 5.52 Å². The van der Waals surface area contributed by atoms with E-state index in [9.17, 15) is 4.79 Å². The summed E-state index contributed by atoms with van der Waals surface area (Å²) in [5.41, 5.74) is 3.90. The number of rotatable bonds is 9.